The molecule has 0 radical (unpaired) electrons. The van der Waals surface area contributed by atoms with E-state index in [4.69, 9.17) is 0 Å². The molecule has 0 aliphatic rings. The topological polar surface area (TPSA) is 66.9 Å². The van der Waals surface area contributed by atoms with Crippen LogP contribution < -0.4 is 10.6 Å². The van der Waals surface area contributed by atoms with E-state index in [0.717, 1.165) is 5.56 Å². The SMILES string of the molecule is Cc1cnnc(NC(C)C(=O)NC(C)(C)C)c1. The lowest BCUT2D eigenvalue weighted by Crippen LogP contribution is -2.47. The zero-order valence-electron chi connectivity index (χ0n) is 11.0. The summed E-state index contributed by atoms with van der Waals surface area (Å²) in [6.45, 7) is 9.57. The molecule has 1 rings (SSSR count). The Bertz CT molecular complexity index is 398. The van der Waals surface area contributed by atoms with Crippen molar-refractivity contribution in [3.05, 3.63) is 17.8 Å². The molecule has 1 aromatic heterocycles. The molecule has 94 valence electrons. The first-order valence-corrected chi connectivity index (χ1v) is 5.66. The number of aromatic nitrogens is 2. The van der Waals surface area contributed by atoms with Crippen molar-refractivity contribution < 1.29 is 4.79 Å². The summed E-state index contributed by atoms with van der Waals surface area (Å²) < 4.78 is 0. The number of hydrogen-bond donors (Lipinski definition) is 2. The quantitative estimate of drug-likeness (QED) is 0.834. The smallest absolute Gasteiger partial charge is 0.242 e. The lowest BCUT2D eigenvalue weighted by atomic mass is 10.1. The molecule has 1 unspecified atom stereocenters. The van der Waals surface area contributed by atoms with E-state index in [1.54, 1.807) is 13.1 Å². The van der Waals surface area contributed by atoms with E-state index >= 15 is 0 Å². The molecule has 17 heavy (non-hydrogen) atoms. The maximum atomic E-state index is 11.8. The normalized spacial score (nSPS) is 13.0. The minimum Gasteiger partial charge on any atom is -0.357 e. The number of anilines is 1. The van der Waals surface area contributed by atoms with Crippen LogP contribution in [0.15, 0.2) is 12.3 Å². The van der Waals surface area contributed by atoms with Gasteiger partial charge >= 0.3 is 0 Å². The highest BCUT2D eigenvalue weighted by atomic mass is 16.2. The molecular weight excluding hydrogens is 216 g/mol. The van der Waals surface area contributed by atoms with Crippen LogP contribution in [-0.4, -0.2) is 27.7 Å². The van der Waals surface area contributed by atoms with E-state index in [1.807, 2.05) is 33.8 Å². The molecule has 1 atom stereocenters. The van der Waals surface area contributed by atoms with Gasteiger partial charge in [0.1, 0.15) is 11.9 Å². The van der Waals surface area contributed by atoms with E-state index in [2.05, 4.69) is 20.8 Å². The van der Waals surface area contributed by atoms with E-state index in [1.165, 1.54) is 0 Å². The molecule has 1 heterocycles. The molecule has 5 heteroatoms. The number of amides is 1. The molecule has 0 aliphatic heterocycles. The standard InChI is InChI=1S/C12H20N4O/c1-8-6-10(16-13-7-8)14-9(2)11(17)15-12(3,4)5/h6-7,9H,1-5H3,(H,14,16)(H,15,17). The molecule has 0 fully saturated rings. The van der Waals surface area contributed by atoms with Crippen molar-refractivity contribution in [3.8, 4) is 0 Å². The van der Waals surface area contributed by atoms with Crippen molar-refractivity contribution in [3.63, 3.8) is 0 Å². The van der Waals surface area contributed by atoms with Crippen LogP contribution in [0.5, 0.6) is 0 Å². The van der Waals surface area contributed by atoms with Crippen LogP contribution in [0.3, 0.4) is 0 Å². The average Bonchev–Trinajstić information content (AvgIpc) is 2.14. The molecule has 0 saturated carbocycles. The fourth-order valence-electron chi connectivity index (χ4n) is 1.30. The Labute approximate surface area is 102 Å². The summed E-state index contributed by atoms with van der Waals surface area (Å²) >= 11 is 0. The third-order valence-corrected chi connectivity index (χ3v) is 2.05. The molecule has 0 saturated heterocycles. The summed E-state index contributed by atoms with van der Waals surface area (Å²) in [5.41, 5.74) is 0.775. The highest BCUT2D eigenvalue weighted by molar-refractivity contribution is 5.84. The second-order valence-electron chi connectivity index (χ2n) is 5.22. The fourth-order valence-corrected chi connectivity index (χ4v) is 1.30. The van der Waals surface area contributed by atoms with Crippen LogP contribution in [-0.2, 0) is 4.79 Å². The van der Waals surface area contributed by atoms with Gasteiger partial charge in [0, 0.05) is 5.54 Å². The maximum Gasteiger partial charge on any atom is 0.242 e. The van der Waals surface area contributed by atoms with Crippen molar-refractivity contribution in [1.82, 2.24) is 15.5 Å². The van der Waals surface area contributed by atoms with Crippen LogP contribution in [0.1, 0.15) is 33.3 Å². The Hall–Kier alpha value is -1.65. The Morgan fingerprint density at radius 2 is 2.06 bits per heavy atom. The van der Waals surface area contributed by atoms with Gasteiger partial charge in [-0.25, -0.2) is 0 Å². The second-order valence-corrected chi connectivity index (χ2v) is 5.22. The van der Waals surface area contributed by atoms with Gasteiger partial charge in [0.05, 0.1) is 6.20 Å². The number of rotatable bonds is 3. The Morgan fingerprint density at radius 1 is 1.41 bits per heavy atom. The largest absolute Gasteiger partial charge is 0.357 e. The van der Waals surface area contributed by atoms with Crippen molar-refractivity contribution in [2.45, 2.75) is 46.2 Å². The van der Waals surface area contributed by atoms with Gasteiger partial charge < -0.3 is 10.6 Å². The molecule has 0 aromatic carbocycles. The fraction of sp³-hybridized carbons (Fsp3) is 0.583. The first-order chi connectivity index (χ1) is 7.78. The monoisotopic (exact) mass is 236 g/mol. The molecule has 0 bridgehead atoms. The molecule has 2 N–H and O–H groups in total. The molecule has 0 aliphatic carbocycles. The maximum absolute atomic E-state index is 11.8. The van der Waals surface area contributed by atoms with E-state index in [-0.39, 0.29) is 17.5 Å². The third kappa shape index (κ3) is 4.80. The first kappa shape index (κ1) is 13.4. The zero-order valence-corrected chi connectivity index (χ0v) is 11.0. The lowest BCUT2D eigenvalue weighted by Gasteiger charge is -2.23. The Balaban J connectivity index is 2.60. The second kappa shape index (κ2) is 5.12. The van der Waals surface area contributed by atoms with Gasteiger partial charge in [0.25, 0.3) is 0 Å². The number of nitrogens with one attached hydrogen (secondary N) is 2. The lowest BCUT2D eigenvalue weighted by molar-refractivity contribution is -0.122. The van der Waals surface area contributed by atoms with E-state index in [0.29, 0.717) is 5.82 Å². The molecule has 0 spiro atoms. The number of carbonyl (C=O) groups is 1. The zero-order chi connectivity index (χ0) is 13.1. The highest BCUT2D eigenvalue weighted by Gasteiger charge is 2.19. The minimum atomic E-state index is -0.342. The predicted octanol–water partition coefficient (Wildman–Crippen LogP) is 1.50. The molecular formula is C12H20N4O. The first-order valence-electron chi connectivity index (χ1n) is 5.66. The van der Waals surface area contributed by atoms with Crippen molar-refractivity contribution in [2.75, 3.05) is 5.32 Å². The van der Waals surface area contributed by atoms with E-state index < -0.39 is 0 Å². The van der Waals surface area contributed by atoms with Gasteiger partial charge in [-0.15, -0.1) is 5.10 Å². The van der Waals surface area contributed by atoms with Crippen molar-refractivity contribution in [2.24, 2.45) is 0 Å². The Kier molecular flexibility index (Phi) is 4.04. The van der Waals surface area contributed by atoms with Gasteiger partial charge in [-0.2, -0.15) is 5.10 Å². The van der Waals surface area contributed by atoms with Crippen LogP contribution in [0.2, 0.25) is 0 Å². The van der Waals surface area contributed by atoms with Crippen LogP contribution in [0, 0.1) is 6.92 Å². The number of aryl methyl sites for hydroxylation is 1. The highest BCUT2D eigenvalue weighted by Crippen LogP contribution is 2.06. The Morgan fingerprint density at radius 3 is 2.59 bits per heavy atom. The molecule has 1 amide bonds. The average molecular weight is 236 g/mol. The summed E-state index contributed by atoms with van der Waals surface area (Å²) in [4.78, 5) is 11.8. The van der Waals surface area contributed by atoms with Gasteiger partial charge in [0.15, 0.2) is 0 Å². The minimum absolute atomic E-state index is 0.0548. The van der Waals surface area contributed by atoms with Gasteiger partial charge in [-0.1, -0.05) is 0 Å². The van der Waals surface area contributed by atoms with E-state index in [9.17, 15) is 4.79 Å². The summed E-state index contributed by atoms with van der Waals surface area (Å²) in [6, 6.07) is 1.51. The summed E-state index contributed by atoms with van der Waals surface area (Å²) in [5, 5.41) is 13.7. The van der Waals surface area contributed by atoms with Gasteiger partial charge in [-0.05, 0) is 46.2 Å². The van der Waals surface area contributed by atoms with Crippen LogP contribution in [0.4, 0.5) is 5.82 Å². The predicted molar refractivity (Wildman–Crippen MR) is 67.7 cm³/mol. The molecule has 1 aromatic rings. The number of hydrogen-bond acceptors (Lipinski definition) is 4. The summed E-state index contributed by atoms with van der Waals surface area (Å²) in [6.07, 6.45) is 1.67. The number of carbonyl (C=O) groups excluding carboxylic acids is 1. The van der Waals surface area contributed by atoms with Gasteiger partial charge in [-0.3, -0.25) is 4.79 Å². The summed E-state index contributed by atoms with van der Waals surface area (Å²) in [7, 11) is 0. The van der Waals surface area contributed by atoms with Crippen molar-refractivity contribution in [1.29, 1.82) is 0 Å². The van der Waals surface area contributed by atoms with Crippen molar-refractivity contribution >= 4 is 11.7 Å². The van der Waals surface area contributed by atoms with Crippen LogP contribution in [0.25, 0.3) is 0 Å². The number of nitrogens with zero attached hydrogens (tertiary/aromatic N) is 2. The van der Waals surface area contributed by atoms with Gasteiger partial charge in [0.2, 0.25) is 5.91 Å². The molecule has 5 nitrogen and oxygen atoms in total. The summed E-state index contributed by atoms with van der Waals surface area (Å²) in [5.74, 6) is 0.558. The van der Waals surface area contributed by atoms with Crippen LogP contribution >= 0.6 is 0 Å². The third-order valence-electron chi connectivity index (χ3n) is 2.05.